The maximum absolute atomic E-state index is 5.25. The molecule has 0 saturated heterocycles. The minimum Gasteiger partial charge on any atom is -0.497 e. The second kappa shape index (κ2) is 10.6. The molecule has 1 aliphatic rings. The number of hydrogen-bond acceptors (Lipinski definition) is 4. The highest BCUT2D eigenvalue weighted by Crippen LogP contribution is 2.18. The van der Waals surface area contributed by atoms with E-state index in [2.05, 4.69) is 39.6 Å². The van der Waals surface area contributed by atoms with Crippen molar-refractivity contribution in [2.24, 2.45) is 12.0 Å². The predicted molar refractivity (Wildman–Crippen MR) is 122 cm³/mol. The number of aliphatic imine (C=N–C) groups is 1. The van der Waals surface area contributed by atoms with Gasteiger partial charge in [-0.25, -0.2) is 4.99 Å². The Morgan fingerprint density at radius 1 is 1.25 bits per heavy atom. The third-order valence-corrected chi connectivity index (χ3v) is 5.18. The summed E-state index contributed by atoms with van der Waals surface area (Å²) in [5, 5.41) is 12.0. The van der Waals surface area contributed by atoms with Gasteiger partial charge in [0.15, 0.2) is 11.8 Å². The second-order valence-electron chi connectivity index (χ2n) is 7.19. The van der Waals surface area contributed by atoms with Crippen LogP contribution < -0.4 is 10.1 Å². The lowest BCUT2D eigenvalue weighted by Crippen LogP contribution is -2.43. The van der Waals surface area contributed by atoms with Crippen LogP contribution in [-0.2, 0) is 20.1 Å². The van der Waals surface area contributed by atoms with Crippen molar-refractivity contribution in [3.8, 4) is 5.75 Å². The average Bonchev–Trinajstić information content (AvgIpc) is 3.30. The number of benzene rings is 1. The minimum absolute atomic E-state index is 0. The van der Waals surface area contributed by atoms with E-state index >= 15 is 0 Å². The fourth-order valence-electron chi connectivity index (χ4n) is 3.34. The number of aromatic nitrogens is 3. The minimum atomic E-state index is 0. The van der Waals surface area contributed by atoms with Gasteiger partial charge in [0.05, 0.1) is 7.11 Å². The van der Waals surface area contributed by atoms with E-state index in [-0.39, 0.29) is 24.0 Å². The van der Waals surface area contributed by atoms with Gasteiger partial charge < -0.3 is 19.5 Å². The molecule has 0 amide bonds. The van der Waals surface area contributed by atoms with Crippen molar-refractivity contribution in [2.45, 2.75) is 51.7 Å². The SMILES string of the molecule is COc1ccc(CN(C)C(=NCc2nnc(C)n2C)NC2CCCC2)cc1.I. The van der Waals surface area contributed by atoms with Crippen LogP contribution in [-0.4, -0.2) is 45.8 Å². The molecule has 0 unspecified atom stereocenters. The molecule has 1 aromatic heterocycles. The summed E-state index contributed by atoms with van der Waals surface area (Å²) in [6, 6.07) is 8.67. The molecule has 3 rings (SSSR count). The van der Waals surface area contributed by atoms with Crippen LogP contribution in [0.2, 0.25) is 0 Å². The van der Waals surface area contributed by atoms with E-state index in [1.807, 2.05) is 30.7 Å². The molecule has 1 aromatic carbocycles. The van der Waals surface area contributed by atoms with E-state index < -0.39 is 0 Å². The molecule has 7 nitrogen and oxygen atoms in total. The van der Waals surface area contributed by atoms with Crippen LogP contribution >= 0.6 is 24.0 Å². The number of rotatable bonds is 6. The first kappa shape index (κ1) is 22.4. The Kier molecular flexibility index (Phi) is 8.53. The third-order valence-electron chi connectivity index (χ3n) is 5.18. The first-order valence-corrected chi connectivity index (χ1v) is 9.56. The Labute approximate surface area is 184 Å². The first-order valence-electron chi connectivity index (χ1n) is 9.56. The monoisotopic (exact) mass is 498 g/mol. The molecule has 1 fully saturated rings. The number of ether oxygens (including phenoxy) is 1. The maximum Gasteiger partial charge on any atom is 0.194 e. The fraction of sp³-hybridized carbons (Fsp3) is 0.550. The summed E-state index contributed by atoms with van der Waals surface area (Å²) in [6.07, 6.45) is 4.99. The fourth-order valence-corrected chi connectivity index (χ4v) is 3.34. The Morgan fingerprint density at radius 3 is 2.50 bits per heavy atom. The van der Waals surface area contributed by atoms with Crippen molar-refractivity contribution in [3.63, 3.8) is 0 Å². The summed E-state index contributed by atoms with van der Waals surface area (Å²) in [5.41, 5.74) is 1.22. The third kappa shape index (κ3) is 5.83. The van der Waals surface area contributed by atoms with Gasteiger partial charge in [0.25, 0.3) is 0 Å². The molecule has 8 heteroatoms. The average molecular weight is 498 g/mol. The zero-order valence-corrected chi connectivity index (χ0v) is 19.5. The Balaban J connectivity index is 0.00000280. The largest absolute Gasteiger partial charge is 0.497 e. The van der Waals surface area contributed by atoms with Gasteiger partial charge in [-0.2, -0.15) is 0 Å². The molecule has 0 bridgehead atoms. The lowest BCUT2D eigenvalue weighted by molar-refractivity contribution is 0.414. The van der Waals surface area contributed by atoms with Gasteiger partial charge in [-0.05, 0) is 37.5 Å². The molecule has 0 atom stereocenters. The van der Waals surface area contributed by atoms with Crippen LogP contribution in [0.15, 0.2) is 29.3 Å². The van der Waals surface area contributed by atoms with Crippen LogP contribution in [0.25, 0.3) is 0 Å². The van der Waals surface area contributed by atoms with Crippen LogP contribution in [0, 0.1) is 6.92 Å². The maximum atomic E-state index is 5.25. The zero-order chi connectivity index (χ0) is 19.2. The summed E-state index contributed by atoms with van der Waals surface area (Å²) in [5.74, 6) is 3.56. The van der Waals surface area contributed by atoms with Gasteiger partial charge in [0.2, 0.25) is 0 Å². The van der Waals surface area contributed by atoms with E-state index in [0.29, 0.717) is 12.6 Å². The van der Waals surface area contributed by atoms with Gasteiger partial charge in [0, 0.05) is 26.7 Å². The molecule has 1 N–H and O–H groups in total. The molecule has 1 aliphatic carbocycles. The normalized spacial score (nSPS) is 14.6. The van der Waals surface area contributed by atoms with Gasteiger partial charge in [-0.3, -0.25) is 0 Å². The van der Waals surface area contributed by atoms with Gasteiger partial charge in [-0.1, -0.05) is 25.0 Å². The molecule has 0 radical (unpaired) electrons. The Morgan fingerprint density at radius 2 is 1.93 bits per heavy atom. The van der Waals surface area contributed by atoms with E-state index in [4.69, 9.17) is 9.73 Å². The number of hydrogen-bond donors (Lipinski definition) is 1. The summed E-state index contributed by atoms with van der Waals surface area (Å²) in [6.45, 7) is 3.24. The number of halogens is 1. The van der Waals surface area contributed by atoms with Gasteiger partial charge >= 0.3 is 0 Å². The summed E-state index contributed by atoms with van der Waals surface area (Å²) in [7, 11) is 5.74. The standard InChI is InChI=1S/C20H30N6O.HI/c1-15-23-24-19(26(15)3)13-21-20(22-17-7-5-6-8-17)25(2)14-16-9-11-18(27-4)12-10-16;/h9-12,17H,5-8,13-14H2,1-4H3,(H,21,22);1H. The van der Waals surface area contributed by atoms with E-state index in [1.54, 1.807) is 7.11 Å². The van der Waals surface area contributed by atoms with Gasteiger partial charge in [-0.15, -0.1) is 34.2 Å². The summed E-state index contributed by atoms with van der Waals surface area (Å²) >= 11 is 0. The molecular formula is C20H31IN6O. The predicted octanol–water partition coefficient (Wildman–Crippen LogP) is 3.27. The Bertz CT molecular complexity index is 768. The molecule has 2 aromatic rings. The molecule has 1 heterocycles. The van der Waals surface area contributed by atoms with Crippen molar-refractivity contribution < 1.29 is 4.74 Å². The molecule has 0 aliphatic heterocycles. The van der Waals surface area contributed by atoms with Crippen LogP contribution in [0.3, 0.4) is 0 Å². The lowest BCUT2D eigenvalue weighted by Gasteiger charge is -2.25. The number of guanidine groups is 1. The highest BCUT2D eigenvalue weighted by atomic mass is 127. The smallest absolute Gasteiger partial charge is 0.194 e. The topological polar surface area (TPSA) is 67.6 Å². The van der Waals surface area contributed by atoms with Crippen molar-refractivity contribution in [1.82, 2.24) is 25.0 Å². The molecule has 0 spiro atoms. The van der Waals surface area contributed by atoms with Crippen molar-refractivity contribution in [1.29, 1.82) is 0 Å². The van der Waals surface area contributed by atoms with Crippen LogP contribution in [0.4, 0.5) is 0 Å². The number of nitrogens with one attached hydrogen (secondary N) is 1. The van der Waals surface area contributed by atoms with E-state index in [1.165, 1.54) is 31.2 Å². The number of methoxy groups -OCH3 is 1. The molecule has 28 heavy (non-hydrogen) atoms. The molecular weight excluding hydrogens is 467 g/mol. The van der Waals surface area contributed by atoms with Crippen LogP contribution in [0.5, 0.6) is 5.75 Å². The zero-order valence-electron chi connectivity index (χ0n) is 17.2. The molecule has 1 saturated carbocycles. The van der Waals surface area contributed by atoms with Crippen molar-refractivity contribution >= 4 is 29.9 Å². The number of aryl methyl sites for hydroxylation is 1. The van der Waals surface area contributed by atoms with E-state index in [0.717, 1.165) is 29.9 Å². The summed E-state index contributed by atoms with van der Waals surface area (Å²) in [4.78, 5) is 7.01. The Hall–Kier alpha value is -1.84. The highest BCUT2D eigenvalue weighted by Gasteiger charge is 2.18. The van der Waals surface area contributed by atoms with Crippen LogP contribution in [0.1, 0.15) is 42.9 Å². The van der Waals surface area contributed by atoms with Gasteiger partial charge in [0.1, 0.15) is 18.1 Å². The second-order valence-corrected chi connectivity index (χ2v) is 7.19. The number of nitrogens with zero attached hydrogens (tertiary/aromatic N) is 5. The van der Waals surface area contributed by atoms with Crippen molar-refractivity contribution in [3.05, 3.63) is 41.5 Å². The van der Waals surface area contributed by atoms with E-state index in [9.17, 15) is 0 Å². The van der Waals surface area contributed by atoms with Crippen molar-refractivity contribution in [2.75, 3.05) is 14.2 Å². The lowest BCUT2D eigenvalue weighted by atomic mass is 10.2. The first-order chi connectivity index (χ1) is 13.1. The quantitative estimate of drug-likeness (QED) is 0.376. The highest BCUT2D eigenvalue weighted by molar-refractivity contribution is 14.0. The summed E-state index contributed by atoms with van der Waals surface area (Å²) < 4.78 is 7.23. The molecule has 154 valence electrons.